The monoisotopic (exact) mass is 206 g/mol. The van der Waals surface area contributed by atoms with Crippen molar-refractivity contribution < 1.29 is 0 Å². The summed E-state index contributed by atoms with van der Waals surface area (Å²) in [6, 6.07) is 1.91. The van der Waals surface area contributed by atoms with Crippen LogP contribution >= 0.6 is 0 Å². The van der Waals surface area contributed by atoms with Gasteiger partial charge in [0.15, 0.2) is 0 Å². The molecule has 1 aromatic heterocycles. The highest BCUT2D eigenvalue weighted by molar-refractivity contribution is 5.39. The quantitative estimate of drug-likeness (QED) is 0.774. The molecule has 0 spiro atoms. The van der Waals surface area contributed by atoms with E-state index in [4.69, 9.17) is 0 Å². The van der Waals surface area contributed by atoms with E-state index in [-0.39, 0.29) is 0 Å². The van der Waals surface area contributed by atoms with Crippen LogP contribution in [0, 0.1) is 5.41 Å². The Morgan fingerprint density at radius 2 is 2.27 bits per heavy atom. The van der Waals surface area contributed by atoms with Gasteiger partial charge in [0.05, 0.1) is 0 Å². The Kier molecular flexibility index (Phi) is 2.75. The predicted octanol–water partition coefficient (Wildman–Crippen LogP) is 2.12. The lowest BCUT2D eigenvalue weighted by Crippen LogP contribution is -2.15. The second-order valence-corrected chi connectivity index (χ2v) is 4.22. The van der Waals surface area contributed by atoms with Crippen molar-refractivity contribution in [3.05, 3.63) is 12.3 Å². The van der Waals surface area contributed by atoms with Gasteiger partial charge in [-0.1, -0.05) is 6.92 Å². The maximum atomic E-state index is 4.32. The van der Waals surface area contributed by atoms with Crippen molar-refractivity contribution in [2.24, 2.45) is 5.41 Å². The molecule has 1 aliphatic carbocycles. The molecule has 1 saturated carbocycles. The first kappa shape index (κ1) is 10.2. The van der Waals surface area contributed by atoms with E-state index in [0.29, 0.717) is 11.4 Å². The topological polar surface area (TPSA) is 49.8 Å². The molecule has 1 aromatic rings. The number of aromatic nitrogens is 2. The van der Waals surface area contributed by atoms with Crippen LogP contribution in [0.25, 0.3) is 0 Å². The molecule has 1 heterocycles. The maximum absolute atomic E-state index is 4.32. The Morgan fingerprint density at radius 3 is 2.87 bits per heavy atom. The molecule has 0 aromatic carbocycles. The van der Waals surface area contributed by atoms with Crippen molar-refractivity contribution >= 4 is 11.8 Å². The van der Waals surface area contributed by atoms with Gasteiger partial charge in [0.2, 0.25) is 5.95 Å². The van der Waals surface area contributed by atoms with Gasteiger partial charge in [-0.2, -0.15) is 4.98 Å². The largest absolute Gasteiger partial charge is 0.369 e. The fraction of sp³-hybridized carbons (Fsp3) is 0.636. The third-order valence-electron chi connectivity index (χ3n) is 3.23. The van der Waals surface area contributed by atoms with Gasteiger partial charge in [0.1, 0.15) is 5.82 Å². The van der Waals surface area contributed by atoms with E-state index >= 15 is 0 Å². The Hall–Kier alpha value is -1.32. The molecule has 1 fully saturated rings. The summed E-state index contributed by atoms with van der Waals surface area (Å²) < 4.78 is 0. The first-order chi connectivity index (χ1) is 7.28. The number of nitrogens with zero attached hydrogens (tertiary/aromatic N) is 2. The van der Waals surface area contributed by atoms with Gasteiger partial charge in [-0.05, 0) is 30.7 Å². The van der Waals surface area contributed by atoms with E-state index in [0.717, 1.165) is 12.4 Å². The zero-order chi connectivity index (χ0) is 10.7. The van der Waals surface area contributed by atoms with Crippen molar-refractivity contribution in [3.63, 3.8) is 0 Å². The number of anilines is 2. The molecule has 2 rings (SSSR count). The SMILES string of the molecule is CCC1(CNc2ccnc(NC)n2)CC1. The summed E-state index contributed by atoms with van der Waals surface area (Å²) in [5.74, 6) is 1.58. The highest BCUT2D eigenvalue weighted by atomic mass is 15.1. The Labute approximate surface area is 90.5 Å². The Balaban J connectivity index is 1.93. The van der Waals surface area contributed by atoms with E-state index in [9.17, 15) is 0 Å². The molecule has 0 bridgehead atoms. The molecular weight excluding hydrogens is 188 g/mol. The van der Waals surface area contributed by atoms with Crippen LogP contribution in [-0.4, -0.2) is 23.6 Å². The van der Waals surface area contributed by atoms with E-state index in [1.807, 2.05) is 13.1 Å². The summed E-state index contributed by atoms with van der Waals surface area (Å²) in [6.07, 6.45) is 5.72. The van der Waals surface area contributed by atoms with Crippen molar-refractivity contribution in [2.45, 2.75) is 26.2 Å². The van der Waals surface area contributed by atoms with Gasteiger partial charge in [0, 0.05) is 19.8 Å². The van der Waals surface area contributed by atoms with Crippen LogP contribution in [0.2, 0.25) is 0 Å². The minimum absolute atomic E-state index is 0.546. The third kappa shape index (κ3) is 2.37. The maximum Gasteiger partial charge on any atom is 0.224 e. The van der Waals surface area contributed by atoms with E-state index in [2.05, 4.69) is 27.5 Å². The van der Waals surface area contributed by atoms with Crippen LogP contribution in [0.4, 0.5) is 11.8 Å². The molecule has 4 nitrogen and oxygen atoms in total. The van der Waals surface area contributed by atoms with Crippen LogP contribution in [0.3, 0.4) is 0 Å². The molecule has 0 unspecified atom stereocenters. The van der Waals surface area contributed by atoms with Crippen LogP contribution in [0.5, 0.6) is 0 Å². The Morgan fingerprint density at radius 1 is 1.47 bits per heavy atom. The van der Waals surface area contributed by atoms with Crippen molar-refractivity contribution in [1.82, 2.24) is 9.97 Å². The number of hydrogen-bond acceptors (Lipinski definition) is 4. The van der Waals surface area contributed by atoms with Crippen molar-refractivity contribution in [2.75, 3.05) is 24.2 Å². The molecule has 0 radical (unpaired) electrons. The molecule has 4 heteroatoms. The summed E-state index contributed by atoms with van der Waals surface area (Å²) in [7, 11) is 1.83. The lowest BCUT2D eigenvalue weighted by Gasteiger charge is -2.13. The second kappa shape index (κ2) is 4.04. The van der Waals surface area contributed by atoms with Crippen LogP contribution in [-0.2, 0) is 0 Å². The number of hydrogen-bond donors (Lipinski definition) is 2. The standard InChI is InChI=1S/C11H18N4/c1-3-11(5-6-11)8-14-9-4-7-13-10(12-2)15-9/h4,7H,3,5-6,8H2,1-2H3,(H2,12,13,14,15). The molecule has 2 N–H and O–H groups in total. The van der Waals surface area contributed by atoms with Crippen molar-refractivity contribution in [3.8, 4) is 0 Å². The van der Waals surface area contributed by atoms with Gasteiger partial charge < -0.3 is 10.6 Å². The average molecular weight is 206 g/mol. The smallest absolute Gasteiger partial charge is 0.224 e. The Bertz CT molecular complexity index is 333. The van der Waals surface area contributed by atoms with Gasteiger partial charge >= 0.3 is 0 Å². The molecular formula is C11H18N4. The highest BCUT2D eigenvalue weighted by Gasteiger charge is 2.40. The van der Waals surface area contributed by atoms with Gasteiger partial charge in [-0.25, -0.2) is 4.98 Å². The molecule has 0 amide bonds. The minimum atomic E-state index is 0.546. The molecule has 0 saturated heterocycles. The highest BCUT2D eigenvalue weighted by Crippen LogP contribution is 2.48. The number of nitrogens with one attached hydrogen (secondary N) is 2. The molecule has 82 valence electrons. The fourth-order valence-electron chi connectivity index (χ4n) is 1.69. The van der Waals surface area contributed by atoms with E-state index < -0.39 is 0 Å². The summed E-state index contributed by atoms with van der Waals surface area (Å²) in [6.45, 7) is 3.29. The minimum Gasteiger partial charge on any atom is -0.369 e. The summed E-state index contributed by atoms with van der Waals surface area (Å²) in [5.41, 5.74) is 0.546. The van der Waals surface area contributed by atoms with Gasteiger partial charge in [0.25, 0.3) is 0 Å². The zero-order valence-electron chi connectivity index (χ0n) is 9.38. The fourth-order valence-corrected chi connectivity index (χ4v) is 1.69. The van der Waals surface area contributed by atoms with Crippen LogP contribution in [0.15, 0.2) is 12.3 Å². The van der Waals surface area contributed by atoms with E-state index in [1.54, 1.807) is 6.20 Å². The molecule has 15 heavy (non-hydrogen) atoms. The summed E-state index contributed by atoms with van der Waals surface area (Å²) >= 11 is 0. The van der Waals surface area contributed by atoms with Gasteiger partial charge in [-0.15, -0.1) is 0 Å². The van der Waals surface area contributed by atoms with Crippen molar-refractivity contribution in [1.29, 1.82) is 0 Å². The van der Waals surface area contributed by atoms with Crippen LogP contribution < -0.4 is 10.6 Å². The first-order valence-corrected chi connectivity index (χ1v) is 5.53. The lowest BCUT2D eigenvalue weighted by molar-refractivity contribution is 0.520. The normalized spacial score (nSPS) is 17.2. The lowest BCUT2D eigenvalue weighted by atomic mass is 10.0. The van der Waals surface area contributed by atoms with Crippen LogP contribution in [0.1, 0.15) is 26.2 Å². The summed E-state index contributed by atoms with van der Waals surface area (Å²) in [4.78, 5) is 8.40. The number of rotatable bonds is 5. The predicted molar refractivity (Wildman–Crippen MR) is 62.0 cm³/mol. The molecule has 1 aliphatic rings. The first-order valence-electron chi connectivity index (χ1n) is 5.53. The second-order valence-electron chi connectivity index (χ2n) is 4.22. The molecule has 0 atom stereocenters. The van der Waals surface area contributed by atoms with Gasteiger partial charge in [-0.3, -0.25) is 0 Å². The average Bonchev–Trinajstić information content (AvgIpc) is 3.07. The van der Waals surface area contributed by atoms with E-state index in [1.165, 1.54) is 19.3 Å². The summed E-state index contributed by atoms with van der Waals surface area (Å²) in [5, 5.41) is 6.31. The molecule has 0 aliphatic heterocycles. The third-order valence-corrected chi connectivity index (χ3v) is 3.23. The zero-order valence-corrected chi connectivity index (χ0v) is 9.38.